The Bertz CT molecular complexity index is 313. The average Bonchev–Trinajstić information content (AvgIpc) is 2.40. The molecule has 0 saturated heterocycles. The summed E-state index contributed by atoms with van der Waals surface area (Å²) in [5.74, 6) is 0.946. The zero-order valence-electron chi connectivity index (χ0n) is 10.4. The van der Waals surface area contributed by atoms with Crippen LogP contribution in [0.2, 0.25) is 0 Å². The van der Waals surface area contributed by atoms with Gasteiger partial charge in [-0.25, -0.2) is 0 Å². The van der Waals surface area contributed by atoms with E-state index in [1.165, 1.54) is 32.1 Å². The van der Waals surface area contributed by atoms with Gasteiger partial charge in [-0.15, -0.1) is 0 Å². The number of hydrogen-bond donors (Lipinski definition) is 0. The fourth-order valence-corrected chi connectivity index (χ4v) is 5.39. The van der Waals surface area contributed by atoms with Crippen molar-refractivity contribution in [2.75, 3.05) is 4.93 Å². The maximum atomic E-state index is 2.52. The van der Waals surface area contributed by atoms with Crippen molar-refractivity contribution >= 4 is 0 Å². The van der Waals surface area contributed by atoms with Crippen molar-refractivity contribution in [3.63, 3.8) is 0 Å². The van der Waals surface area contributed by atoms with Gasteiger partial charge in [-0.2, -0.15) is 0 Å². The standard InChI is InChI=1S/C15H22I/c1-15(16-2,13-9-5-3-6-10-13)14-11-7-4-8-12-14/h3,5-6,9-10,14H,4,7-8,11-12H2,1-2H3/q-1. The summed E-state index contributed by atoms with van der Waals surface area (Å²) in [6.45, 7) is 2.52. The van der Waals surface area contributed by atoms with E-state index in [1.807, 2.05) is 0 Å². The normalized spacial score (nSPS) is 21.9. The molecular weight excluding hydrogens is 307 g/mol. The van der Waals surface area contributed by atoms with Gasteiger partial charge < -0.3 is 0 Å². The quantitative estimate of drug-likeness (QED) is 0.578. The number of alkyl halides is 2. The number of benzene rings is 1. The molecule has 0 amide bonds. The molecule has 0 heterocycles. The van der Waals surface area contributed by atoms with E-state index in [0.29, 0.717) is 3.42 Å². The first-order valence-electron chi connectivity index (χ1n) is 6.33. The van der Waals surface area contributed by atoms with E-state index in [-0.39, 0.29) is 21.2 Å². The molecule has 0 spiro atoms. The van der Waals surface area contributed by atoms with Gasteiger partial charge in [0, 0.05) is 0 Å². The van der Waals surface area contributed by atoms with Crippen LogP contribution in [0.1, 0.15) is 44.6 Å². The molecule has 1 aliphatic carbocycles. The minimum atomic E-state index is 0.254. The summed E-state index contributed by atoms with van der Waals surface area (Å²) in [7, 11) is 0. The molecule has 1 unspecified atom stereocenters. The summed E-state index contributed by atoms with van der Waals surface area (Å²) in [6, 6.07) is 11.2. The third kappa shape index (κ3) is 2.44. The van der Waals surface area contributed by atoms with Gasteiger partial charge in [-0.05, 0) is 0 Å². The fraction of sp³-hybridized carbons (Fsp3) is 0.600. The number of halogens is 1. The molecular formula is C15H22I-. The molecule has 1 saturated carbocycles. The molecule has 1 aliphatic rings. The Kier molecular flexibility index (Phi) is 4.28. The van der Waals surface area contributed by atoms with E-state index in [1.54, 1.807) is 5.56 Å². The third-order valence-electron chi connectivity index (χ3n) is 4.10. The van der Waals surface area contributed by atoms with Crippen LogP contribution in [-0.2, 0) is 3.42 Å². The molecule has 0 aliphatic heterocycles. The summed E-state index contributed by atoms with van der Waals surface area (Å²) < 4.78 is 0.514. The topological polar surface area (TPSA) is 0 Å². The fourth-order valence-electron chi connectivity index (χ4n) is 2.91. The number of hydrogen-bond acceptors (Lipinski definition) is 0. The molecule has 16 heavy (non-hydrogen) atoms. The Morgan fingerprint density at radius 2 is 1.69 bits per heavy atom. The summed E-state index contributed by atoms with van der Waals surface area (Å²) in [5.41, 5.74) is 1.59. The van der Waals surface area contributed by atoms with Gasteiger partial charge in [0.1, 0.15) is 0 Å². The molecule has 90 valence electrons. The van der Waals surface area contributed by atoms with Gasteiger partial charge in [0.25, 0.3) is 0 Å². The van der Waals surface area contributed by atoms with Gasteiger partial charge in [0.2, 0.25) is 0 Å². The van der Waals surface area contributed by atoms with Crippen molar-refractivity contribution in [3.8, 4) is 0 Å². The van der Waals surface area contributed by atoms with Crippen LogP contribution in [0.15, 0.2) is 30.3 Å². The Balaban J connectivity index is 2.24. The van der Waals surface area contributed by atoms with Crippen molar-refractivity contribution in [3.05, 3.63) is 35.9 Å². The van der Waals surface area contributed by atoms with Crippen molar-refractivity contribution in [2.24, 2.45) is 5.92 Å². The third-order valence-corrected chi connectivity index (χ3v) is 7.85. The summed E-state index contributed by atoms with van der Waals surface area (Å²) in [6.07, 6.45) is 7.29. The van der Waals surface area contributed by atoms with Crippen LogP contribution < -0.4 is 21.2 Å². The predicted octanol–water partition coefficient (Wildman–Crippen LogP) is 1.20. The predicted molar refractivity (Wildman–Crippen MR) is 66.3 cm³/mol. The van der Waals surface area contributed by atoms with Gasteiger partial charge in [-0.3, -0.25) is 0 Å². The monoisotopic (exact) mass is 329 g/mol. The molecule has 0 radical (unpaired) electrons. The first-order chi connectivity index (χ1) is 7.77. The van der Waals surface area contributed by atoms with Crippen LogP contribution in [-0.4, -0.2) is 4.93 Å². The molecule has 0 aromatic heterocycles. The molecule has 1 heteroatoms. The zero-order chi connectivity index (χ0) is 11.4. The Morgan fingerprint density at radius 1 is 1.06 bits per heavy atom. The van der Waals surface area contributed by atoms with Crippen molar-refractivity contribution in [1.82, 2.24) is 0 Å². The minimum absolute atomic E-state index is 0.254. The second-order valence-corrected chi connectivity index (χ2v) is 8.29. The molecule has 1 aromatic rings. The summed E-state index contributed by atoms with van der Waals surface area (Å²) >= 11 is 0.254. The van der Waals surface area contributed by atoms with Gasteiger partial charge >= 0.3 is 110 Å². The van der Waals surface area contributed by atoms with Gasteiger partial charge in [0.05, 0.1) is 0 Å². The zero-order valence-corrected chi connectivity index (χ0v) is 12.5. The molecule has 0 N–H and O–H groups in total. The van der Waals surface area contributed by atoms with E-state index < -0.39 is 0 Å². The van der Waals surface area contributed by atoms with E-state index in [4.69, 9.17) is 0 Å². The Labute approximate surface area is 110 Å². The van der Waals surface area contributed by atoms with Crippen molar-refractivity contribution in [1.29, 1.82) is 0 Å². The molecule has 2 rings (SSSR count). The first-order valence-corrected chi connectivity index (χ1v) is 9.57. The van der Waals surface area contributed by atoms with Gasteiger partial charge in [-0.1, -0.05) is 0 Å². The Morgan fingerprint density at radius 3 is 2.25 bits per heavy atom. The summed E-state index contributed by atoms with van der Waals surface area (Å²) in [5, 5.41) is 0. The van der Waals surface area contributed by atoms with Crippen LogP contribution in [0.25, 0.3) is 0 Å². The number of rotatable bonds is 3. The van der Waals surface area contributed by atoms with E-state index >= 15 is 0 Å². The van der Waals surface area contributed by atoms with E-state index in [0.717, 1.165) is 5.92 Å². The van der Waals surface area contributed by atoms with E-state index in [9.17, 15) is 0 Å². The van der Waals surface area contributed by atoms with Crippen LogP contribution in [0.3, 0.4) is 0 Å². The van der Waals surface area contributed by atoms with Crippen LogP contribution in [0, 0.1) is 5.92 Å². The van der Waals surface area contributed by atoms with Crippen molar-refractivity contribution < 1.29 is 21.2 Å². The first kappa shape index (κ1) is 12.4. The maximum absolute atomic E-state index is 2.52. The second kappa shape index (κ2) is 5.52. The molecule has 0 nitrogen and oxygen atoms in total. The van der Waals surface area contributed by atoms with Crippen LogP contribution in [0.4, 0.5) is 0 Å². The van der Waals surface area contributed by atoms with Crippen LogP contribution in [0.5, 0.6) is 0 Å². The van der Waals surface area contributed by atoms with E-state index in [2.05, 4.69) is 42.2 Å². The van der Waals surface area contributed by atoms with Gasteiger partial charge in [0.15, 0.2) is 0 Å². The molecule has 1 fully saturated rings. The second-order valence-electron chi connectivity index (χ2n) is 4.97. The molecule has 0 bridgehead atoms. The summed E-state index contributed by atoms with van der Waals surface area (Å²) in [4.78, 5) is 2.46. The Hall–Kier alpha value is -0.0500. The molecule has 1 aromatic carbocycles. The van der Waals surface area contributed by atoms with Crippen LogP contribution >= 0.6 is 0 Å². The molecule has 1 atom stereocenters. The van der Waals surface area contributed by atoms with Crippen molar-refractivity contribution in [2.45, 2.75) is 42.4 Å². The average molecular weight is 329 g/mol. The SMILES string of the molecule is C[I-]C(C)(c1ccccc1)C1CCCCC1.